The number of aromatic amines is 1. The highest BCUT2D eigenvalue weighted by Gasteiger charge is 2.13. The second-order valence-electron chi connectivity index (χ2n) is 6.20. The molecular formula is C21H19N3O3S. The van der Waals surface area contributed by atoms with Gasteiger partial charge in [-0.05, 0) is 23.8 Å². The molecule has 0 spiro atoms. The molecule has 0 aliphatic carbocycles. The first-order chi connectivity index (χ1) is 13.7. The number of anilines is 1. The Kier molecular flexibility index (Phi) is 4.99. The van der Waals surface area contributed by atoms with Crippen molar-refractivity contribution in [1.29, 1.82) is 0 Å². The van der Waals surface area contributed by atoms with Crippen molar-refractivity contribution in [2.24, 2.45) is 0 Å². The molecule has 4 aromatic rings. The van der Waals surface area contributed by atoms with Gasteiger partial charge in [0.2, 0.25) is 5.91 Å². The van der Waals surface area contributed by atoms with Crippen molar-refractivity contribution >= 4 is 33.3 Å². The van der Waals surface area contributed by atoms with Gasteiger partial charge in [-0.2, -0.15) is 0 Å². The summed E-state index contributed by atoms with van der Waals surface area (Å²) in [7, 11) is 3.15. The molecule has 1 amide bonds. The van der Waals surface area contributed by atoms with E-state index in [0.717, 1.165) is 27.7 Å². The fraction of sp³-hybridized carbons (Fsp3) is 0.143. The molecule has 0 aliphatic heterocycles. The van der Waals surface area contributed by atoms with Crippen molar-refractivity contribution in [3.8, 4) is 22.8 Å². The molecule has 2 N–H and O–H groups in total. The number of H-pyrrole nitrogens is 1. The molecule has 7 heteroatoms. The number of aromatic nitrogens is 2. The minimum Gasteiger partial charge on any atom is -0.493 e. The molecule has 0 radical (unpaired) electrons. The molecular weight excluding hydrogens is 374 g/mol. The van der Waals surface area contributed by atoms with Crippen LogP contribution >= 0.6 is 11.3 Å². The Morgan fingerprint density at radius 1 is 1.14 bits per heavy atom. The zero-order chi connectivity index (χ0) is 19.5. The lowest BCUT2D eigenvalue weighted by Gasteiger charge is -2.09. The van der Waals surface area contributed by atoms with Crippen LogP contribution in [-0.4, -0.2) is 30.1 Å². The van der Waals surface area contributed by atoms with Crippen LogP contribution in [0.2, 0.25) is 0 Å². The van der Waals surface area contributed by atoms with E-state index in [-0.39, 0.29) is 12.3 Å². The van der Waals surface area contributed by atoms with Crippen LogP contribution in [0.4, 0.5) is 5.13 Å². The monoisotopic (exact) mass is 393 g/mol. The molecule has 0 saturated carbocycles. The quantitative estimate of drug-likeness (QED) is 0.506. The normalized spacial score (nSPS) is 10.8. The average Bonchev–Trinajstić information content (AvgIpc) is 3.34. The number of amides is 1. The SMILES string of the molecule is COc1ccc(CC(=O)Nc2nc(-c3c[nH]c4ccccc34)cs2)cc1OC. The summed E-state index contributed by atoms with van der Waals surface area (Å²) >= 11 is 1.41. The summed E-state index contributed by atoms with van der Waals surface area (Å²) < 4.78 is 10.5. The van der Waals surface area contributed by atoms with Crippen LogP contribution in [0.15, 0.2) is 54.0 Å². The van der Waals surface area contributed by atoms with E-state index in [2.05, 4.69) is 21.4 Å². The van der Waals surface area contributed by atoms with Gasteiger partial charge in [-0.15, -0.1) is 11.3 Å². The molecule has 0 fully saturated rings. The van der Waals surface area contributed by atoms with Crippen molar-refractivity contribution in [2.75, 3.05) is 19.5 Å². The summed E-state index contributed by atoms with van der Waals surface area (Å²) in [6.45, 7) is 0. The third-order valence-electron chi connectivity index (χ3n) is 4.43. The Labute approximate surface area is 166 Å². The van der Waals surface area contributed by atoms with E-state index in [4.69, 9.17) is 9.47 Å². The first kappa shape index (κ1) is 18.1. The fourth-order valence-corrected chi connectivity index (χ4v) is 3.80. The number of ether oxygens (including phenoxy) is 2. The van der Waals surface area contributed by atoms with Crippen LogP contribution in [0, 0.1) is 0 Å². The van der Waals surface area contributed by atoms with Gasteiger partial charge in [0.25, 0.3) is 0 Å². The summed E-state index contributed by atoms with van der Waals surface area (Å²) in [5.74, 6) is 1.10. The number of hydrogen-bond donors (Lipinski definition) is 2. The first-order valence-electron chi connectivity index (χ1n) is 8.70. The molecule has 2 aromatic heterocycles. The molecule has 2 heterocycles. The maximum Gasteiger partial charge on any atom is 0.230 e. The lowest BCUT2D eigenvalue weighted by molar-refractivity contribution is -0.115. The molecule has 6 nitrogen and oxygen atoms in total. The third-order valence-corrected chi connectivity index (χ3v) is 5.19. The van der Waals surface area contributed by atoms with Gasteiger partial charge < -0.3 is 19.8 Å². The van der Waals surface area contributed by atoms with E-state index >= 15 is 0 Å². The predicted molar refractivity (Wildman–Crippen MR) is 111 cm³/mol. The molecule has 2 aromatic carbocycles. The third kappa shape index (κ3) is 3.57. The molecule has 0 saturated heterocycles. The highest BCUT2D eigenvalue weighted by atomic mass is 32.1. The van der Waals surface area contributed by atoms with Gasteiger partial charge in [-0.3, -0.25) is 4.79 Å². The van der Waals surface area contributed by atoms with Crippen molar-refractivity contribution in [3.63, 3.8) is 0 Å². The summed E-state index contributed by atoms with van der Waals surface area (Å²) in [5, 5.41) is 6.50. The molecule has 0 unspecified atom stereocenters. The number of benzene rings is 2. The van der Waals surface area contributed by atoms with Crippen LogP contribution in [0.5, 0.6) is 11.5 Å². The van der Waals surface area contributed by atoms with E-state index in [1.54, 1.807) is 26.4 Å². The number of methoxy groups -OCH3 is 2. The molecule has 28 heavy (non-hydrogen) atoms. The second-order valence-corrected chi connectivity index (χ2v) is 7.06. The van der Waals surface area contributed by atoms with Crippen molar-refractivity contribution in [1.82, 2.24) is 9.97 Å². The number of hydrogen-bond acceptors (Lipinski definition) is 5. The van der Waals surface area contributed by atoms with Gasteiger partial charge in [0, 0.05) is 28.0 Å². The maximum absolute atomic E-state index is 12.4. The lowest BCUT2D eigenvalue weighted by Crippen LogP contribution is -2.14. The summed E-state index contributed by atoms with van der Waals surface area (Å²) in [5.41, 5.74) is 3.75. The van der Waals surface area contributed by atoms with Crippen LogP contribution < -0.4 is 14.8 Å². The Morgan fingerprint density at radius 2 is 1.96 bits per heavy atom. The average molecular weight is 393 g/mol. The van der Waals surface area contributed by atoms with Gasteiger partial charge in [0.15, 0.2) is 16.6 Å². The molecule has 0 aliphatic rings. The predicted octanol–water partition coefficient (Wildman–Crippen LogP) is 4.49. The van der Waals surface area contributed by atoms with Crippen LogP contribution in [0.1, 0.15) is 5.56 Å². The van der Waals surface area contributed by atoms with E-state index in [9.17, 15) is 4.79 Å². The van der Waals surface area contributed by atoms with E-state index in [1.807, 2.05) is 35.8 Å². The Morgan fingerprint density at radius 3 is 2.79 bits per heavy atom. The van der Waals surface area contributed by atoms with Gasteiger partial charge in [0.05, 0.1) is 26.3 Å². The van der Waals surface area contributed by atoms with Crippen molar-refractivity contribution in [2.45, 2.75) is 6.42 Å². The Hall–Kier alpha value is -3.32. The minimum atomic E-state index is -0.132. The highest BCUT2D eigenvalue weighted by molar-refractivity contribution is 7.14. The fourth-order valence-electron chi connectivity index (χ4n) is 3.08. The van der Waals surface area contributed by atoms with E-state index < -0.39 is 0 Å². The highest BCUT2D eigenvalue weighted by Crippen LogP contribution is 2.31. The lowest BCUT2D eigenvalue weighted by atomic mass is 10.1. The molecule has 4 rings (SSSR count). The summed E-state index contributed by atoms with van der Waals surface area (Å²) in [4.78, 5) is 20.2. The zero-order valence-corrected chi connectivity index (χ0v) is 16.3. The number of carbonyl (C=O) groups is 1. The van der Waals surface area contributed by atoms with E-state index in [0.29, 0.717) is 16.6 Å². The van der Waals surface area contributed by atoms with Gasteiger partial charge >= 0.3 is 0 Å². The number of fused-ring (bicyclic) bond motifs is 1. The number of para-hydroxylation sites is 1. The first-order valence-corrected chi connectivity index (χ1v) is 9.58. The van der Waals surface area contributed by atoms with Gasteiger partial charge in [-0.1, -0.05) is 24.3 Å². The number of nitrogens with zero attached hydrogens (tertiary/aromatic N) is 1. The number of rotatable bonds is 6. The van der Waals surface area contributed by atoms with E-state index in [1.165, 1.54) is 11.3 Å². The Bertz CT molecular complexity index is 1130. The number of nitrogens with one attached hydrogen (secondary N) is 2. The number of carbonyl (C=O) groups excluding carboxylic acids is 1. The second kappa shape index (κ2) is 7.74. The van der Waals surface area contributed by atoms with Gasteiger partial charge in [0.1, 0.15) is 0 Å². The smallest absolute Gasteiger partial charge is 0.230 e. The topological polar surface area (TPSA) is 76.2 Å². The zero-order valence-electron chi connectivity index (χ0n) is 15.5. The summed E-state index contributed by atoms with van der Waals surface area (Å²) in [6, 6.07) is 13.5. The minimum absolute atomic E-state index is 0.132. The van der Waals surface area contributed by atoms with Crippen LogP contribution in [0.3, 0.4) is 0 Å². The van der Waals surface area contributed by atoms with Crippen molar-refractivity contribution < 1.29 is 14.3 Å². The number of thiazole rings is 1. The molecule has 0 atom stereocenters. The largest absolute Gasteiger partial charge is 0.493 e. The standard InChI is InChI=1S/C21H19N3O3S/c1-26-18-8-7-13(9-19(18)27-2)10-20(25)24-21-23-17(12-28-21)15-11-22-16-6-4-3-5-14(15)16/h3-9,11-12,22H,10H2,1-2H3,(H,23,24,25). The maximum atomic E-state index is 12.4. The summed E-state index contributed by atoms with van der Waals surface area (Å²) in [6.07, 6.45) is 2.16. The molecule has 142 valence electrons. The van der Waals surface area contributed by atoms with Crippen LogP contribution in [-0.2, 0) is 11.2 Å². The van der Waals surface area contributed by atoms with Crippen LogP contribution in [0.25, 0.3) is 22.2 Å². The van der Waals surface area contributed by atoms with Crippen molar-refractivity contribution in [3.05, 3.63) is 59.6 Å². The van der Waals surface area contributed by atoms with Gasteiger partial charge in [-0.25, -0.2) is 4.98 Å². The Balaban J connectivity index is 1.47. The molecule has 0 bridgehead atoms.